The Morgan fingerprint density at radius 3 is 2.40 bits per heavy atom. The van der Waals surface area contributed by atoms with Gasteiger partial charge in [0, 0.05) is 12.6 Å². The third-order valence-electron chi connectivity index (χ3n) is 4.11. The van der Waals surface area contributed by atoms with Gasteiger partial charge in [0.1, 0.15) is 0 Å². The predicted octanol–water partition coefficient (Wildman–Crippen LogP) is 2.56. The van der Waals surface area contributed by atoms with Crippen molar-refractivity contribution in [2.45, 2.75) is 65.5 Å². The maximum Gasteiger partial charge on any atom is 0.0693 e. The molecule has 0 aliphatic heterocycles. The lowest BCUT2D eigenvalue weighted by molar-refractivity contribution is 0.0814. The molecule has 2 N–H and O–H groups in total. The van der Waals surface area contributed by atoms with Crippen LogP contribution < -0.4 is 5.32 Å². The molecule has 0 unspecified atom stereocenters. The number of aliphatic hydroxyl groups excluding tert-OH is 1. The van der Waals surface area contributed by atoms with Gasteiger partial charge in [-0.2, -0.15) is 0 Å². The molecule has 1 fully saturated rings. The van der Waals surface area contributed by atoms with Crippen LogP contribution in [-0.4, -0.2) is 23.8 Å². The molecule has 90 valence electrons. The van der Waals surface area contributed by atoms with Gasteiger partial charge in [-0.1, -0.05) is 40.5 Å². The first kappa shape index (κ1) is 13.0. The number of rotatable bonds is 4. The van der Waals surface area contributed by atoms with Crippen LogP contribution in [0, 0.1) is 11.3 Å². The molecule has 2 nitrogen and oxygen atoms in total. The van der Waals surface area contributed by atoms with E-state index in [0.717, 1.165) is 19.4 Å². The summed E-state index contributed by atoms with van der Waals surface area (Å²) < 4.78 is 0. The van der Waals surface area contributed by atoms with Crippen LogP contribution in [0.3, 0.4) is 0 Å². The van der Waals surface area contributed by atoms with Crippen LogP contribution in [0.5, 0.6) is 0 Å². The first-order valence-electron chi connectivity index (χ1n) is 6.35. The minimum atomic E-state index is -0.123. The first-order chi connectivity index (χ1) is 6.93. The van der Waals surface area contributed by atoms with E-state index in [-0.39, 0.29) is 6.10 Å². The maximum atomic E-state index is 9.84. The van der Waals surface area contributed by atoms with Gasteiger partial charge in [-0.25, -0.2) is 0 Å². The molecule has 2 heteroatoms. The molecule has 0 bridgehead atoms. The van der Waals surface area contributed by atoms with Gasteiger partial charge in [-0.3, -0.25) is 0 Å². The van der Waals surface area contributed by atoms with Gasteiger partial charge < -0.3 is 10.4 Å². The van der Waals surface area contributed by atoms with Gasteiger partial charge in [-0.15, -0.1) is 0 Å². The Balaban J connectivity index is 2.35. The smallest absolute Gasteiger partial charge is 0.0693 e. The topological polar surface area (TPSA) is 32.3 Å². The molecular weight excluding hydrogens is 186 g/mol. The fourth-order valence-electron chi connectivity index (χ4n) is 1.95. The molecule has 0 heterocycles. The molecule has 0 radical (unpaired) electrons. The maximum absolute atomic E-state index is 9.84. The number of hydrogen-bond donors (Lipinski definition) is 2. The number of aliphatic hydroxyl groups is 1. The average molecular weight is 213 g/mol. The second-order valence-electron chi connectivity index (χ2n) is 5.98. The van der Waals surface area contributed by atoms with Crippen molar-refractivity contribution in [1.82, 2.24) is 5.32 Å². The third-order valence-corrected chi connectivity index (χ3v) is 4.11. The fourth-order valence-corrected chi connectivity index (χ4v) is 1.95. The Hall–Kier alpha value is -0.0800. The van der Waals surface area contributed by atoms with Gasteiger partial charge in [-0.05, 0) is 24.2 Å². The van der Waals surface area contributed by atoms with Crippen LogP contribution >= 0.6 is 0 Å². The van der Waals surface area contributed by atoms with Gasteiger partial charge >= 0.3 is 0 Å². The van der Waals surface area contributed by atoms with Crippen molar-refractivity contribution in [2.75, 3.05) is 6.54 Å². The summed E-state index contributed by atoms with van der Waals surface area (Å²) in [6.45, 7) is 10.1. The molecule has 2 atom stereocenters. The Kier molecular flexibility index (Phi) is 4.60. The Bertz CT molecular complexity index is 189. The highest BCUT2D eigenvalue weighted by atomic mass is 16.3. The molecule has 1 aliphatic carbocycles. The van der Waals surface area contributed by atoms with Gasteiger partial charge in [0.2, 0.25) is 0 Å². The second-order valence-corrected chi connectivity index (χ2v) is 5.98. The molecule has 0 aromatic carbocycles. The quantitative estimate of drug-likeness (QED) is 0.752. The molecule has 0 saturated heterocycles. The molecule has 15 heavy (non-hydrogen) atoms. The molecule has 1 rings (SSSR count). The van der Waals surface area contributed by atoms with Crippen molar-refractivity contribution < 1.29 is 5.11 Å². The van der Waals surface area contributed by atoms with Crippen molar-refractivity contribution in [3.05, 3.63) is 0 Å². The molecule has 0 aromatic heterocycles. The summed E-state index contributed by atoms with van der Waals surface area (Å²) >= 11 is 0. The van der Waals surface area contributed by atoms with Gasteiger partial charge in [0.15, 0.2) is 0 Å². The van der Waals surface area contributed by atoms with E-state index >= 15 is 0 Å². The highest BCUT2D eigenvalue weighted by molar-refractivity contribution is 4.84. The molecular formula is C13H27NO. The number of hydrogen-bond acceptors (Lipinski definition) is 2. The van der Waals surface area contributed by atoms with Gasteiger partial charge in [0.05, 0.1) is 6.10 Å². The SMILES string of the molecule is CC(C)C(C)(C)CN[C@@H]1CCCC[C@H]1O. The molecule has 1 aliphatic rings. The zero-order chi connectivity index (χ0) is 11.5. The lowest BCUT2D eigenvalue weighted by Crippen LogP contribution is -2.46. The molecule has 1 saturated carbocycles. The summed E-state index contributed by atoms with van der Waals surface area (Å²) in [6.07, 6.45) is 4.43. The van der Waals surface area contributed by atoms with E-state index in [0.29, 0.717) is 17.4 Å². The average Bonchev–Trinajstić information content (AvgIpc) is 2.16. The van der Waals surface area contributed by atoms with Crippen LogP contribution in [-0.2, 0) is 0 Å². The molecule has 0 amide bonds. The Morgan fingerprint density at radius 1 is 1.27 bits per heavy atom. The van der Waals surface area contributed by atoms with E-state index in [2.05, 4.69) is 33.0 Å². The van der Waals surface area contributed by atoms with Crippen LogP contribution in [0.25, 0.3) is 0 Å². The van der Waals surface area contributed by atoms with Crippen molar-refractivity contribution >= 4 is 0 Å². The summed E-state index contributed by atoms with van der Waals surface area (Å²) in [7, 11) is 0. The minimum Gasteiger partial charge on any atom is -0.392 e. The monoisotopic (exact) mass is 213 g/mol. The van der Waals surface area contributed by atoms with E-state index in [1.165, 1.54) is 12.8 Å². The summed E-state index contributed by atoms with van der Waals surface area (Å²) in [5, 5.41) is 13.4. The zero-order valence-corrected chi connectivity index (χ0v) is 10.7. The highest BCUT2D eigenvalue weighted by Crippen LogP contribution is 2.26. The molecule has 0 aromatic rings. The third kappa shape index (κ3) is 3.76. The van der Waals surface area contributed by atoms with Crippen molar-refractivity contribution in [2.24, 2.45) is 11.3 Å². The van der Waals surface area contributed by atoms with E-state index in [4.69, 9.17) is 0 Å². The van der Waals surface area contributed by atoms with Crippen molar-refractivity contribution in [1.29, 1.82) is 0 Å². The second kappa shape index (κ2) is 5.31. The standard InChI is InChI=1S/C13H27NO/c1-10(2)13(3,4)9-14-11-7-5-6-8-12(11)15/h10-12,14-15H,5-9H2,1-4H3/t11-,12-/m1/s1. The van der Waals surface area contributed by atoms with Crippen LogP contribution in [0.15, 0.2) is 0 Å². The van der Waals surface area contributed by atoms with Crippen molar-refractivity contribution in [3.63, 3.8) is 0 Å². The van der Waals surface area contributed by atoms with E-state index in [9.17, 15) is 5.11 Å². The van der Waals surface area contributed by atoms with Crippen molar-refractivity contribution in [3.8, 4) is 0 Å². The highest BCUT2D eigenvalue weighted by Gasteiger charge is 2.27. The summed E-state index contributed by atoms with van der Waals surface area (Å²) in [6, 6.07) is 0.330. The summed E-state index contributed by atoms with van der Waals surface area (Å²) in [5.41, 5.74) is 0.317. The molecule has 0 spiro atoms. The largest absolute Gasteiger partial charge is 0.392 e. The van der Waals surface area contributed by atoms with Crippen LogP contribution in [0.4, 0.5) is 0 Å². The summed E-state index contributed by atoms with van der Waals surface area (Å²) in [4.78, 5) is 0. The predicted molar refractivity (Wildman–Crippen MR) is 64.9 cm³/mol. The summed E-state index contributed by atoms with van der Waals surface area (Å²) in [5.74, 6) is 0.672. The lowest BCUT2D eigenvalue weighted by atomic mass is 9.80. The van der Waals surface area contributed by atoms with E-state index < -0.39 is 0 Å². The minimum absolute atomic E-state index is 0.123. The lowest BCUT2D eigenvalue weighted by Gasteiger charge is -2.35. The van der Waals surface area contributed by atoms with Crippen LogP contribution in [0.2, 0.25) is 0 Å². The Morgan fingerprint density at radius 2 is 1.87 bits per heavy atom. The normalized spacial score (nSPS) is 28.4. The van der Waals surface area contributed by atoms with Crippen LogP contribution in [0.1, 0.15) is 53.4 Å². The zero-order valence-electron chi connectivity index (χ0n) is 10.7. The number of nitrogens with one attached hydrogen (secondary N) is 1. The fraction of sp³-hybridized carbons (Fsp3) is 1.00. The van der Waals surface area contributed by atoms with E-state index in [1.54, 1.807) is 0 Å². The van der Waals surface area contributed by atoms with E-state index in [1.807, 2.05) is 0 Å². The first-order valence-corrected chi connectivity index (χ1v) is 6.35. The van der Waals surface area contributed by atoms with Gasteiger partial charge in [0.25, 0.3) is 0 Å². The Labute approximate surface area is 94.5 Å².